The van der Waals surface area contributed by atoms with Gasteiger partial charge in [0.25, 0.3) is 0 Å². The highest BCUT2D eigenvalue weighted by molar-refractivity contribution is 5.49. The van der Waals surface area contributed by atoms with E-state index in [0.717, 1.165) is 30.9 Å². The number of nitrogens with zero attached hydrogens (tertiary/aromatic N) is 1. The van der Waals surface area contributed by atoms with Crippen molar-refractivity contribution in [1.29, 1.82) is 0 Å². The van der Waals surface area contributed by atoms with Crippen molar-refractivity contribution < 1.29 is 9.47 Å². The minimum absolute atomic E-state index is 0.395. The third-order valence-corrected chi connectivity index (χ3v) is 2.91. The quantitative estimate of drug-likeness (QED) is 0.879. The zero-order valence-corrected chi connectivity index (χ0v) is 9.93. The maximum atomic E-state index is 5.75. The number of aryl methyl sites for hydroxylation is 1. The largest absolute Gasteiger partial charge is 0.493 e. The number of rotatable bonds is 2. The molecule has 3 rings (SSSR count). The average molecular weight is 242 g/mol. The highest BCUT2D eigenvalue weighted by Gasteiger charge is 2.11. The Kier molecular flexibility index (Phi) is 2.76. The van der Waals surface area contributed by atoms with Crippen LogP contribution in [0.25, 0.3) is 0 Å². The Morgan fingerprint density at radius 3 is 3.11 bits per heavy atom. The van der Waals surface area contributed by atoms with E-state index in [2.05, 4.69) is 4.98 Å². The van der Waals surface area contributed by atoms with E-state index in [-0.39, 0.29) is 0 Å². The Hall–Kier alpha value is -2.23. The van der Waals surface area contributed by atoms with Crippen LogP contribution in [0.1, 0.15) is 12.0 Å². The first kappa shape index (κ1) is 10.9. The summed E-state index contributed by atoms with van der Waals surface area (Å²) in [5.41, 5.74) is 6.93. The van der Waals surface area contributed by atoms with Gasteiger partial charge < -0.3 is 15.2 Å². The molecule has 0 saturated carbocycles. The van der Waals surface area contributed by atoms with Gasteiger partial charge in [-0.15, -0.1) is 0 Å². The average Bonchev–Trinajstić information content (AvgIpc) is 2.41. The van der Waals surface area contributed by atoms with Crippen LogP contribution in [-0.2, 0) is 6.42 Å². The summed E-state index contributed by atoms with van der Waals surface area (Å²) in [6.07, 6.45) is 3.71. The number of fused-ring (bicyclic) bond motifs is 1. The van der Waals surface area contributed by atoms with Crippen LogP contribution in [0.4, 0.5) is 5.82 Å². The third kappa shape index (κ3) is 2.09. The molecule has 4 heteroatoms. The summed E-state index contributed by atoms with van der Waals surface area (Å²) >= 11 is 0. The van der Waals surface area contributed by atoms with E-state index in [4.69, 9.17) is 15.2 Å². The lowest BCUT2D eigenvalue weighted by atomic mass is 10.1. The molecule has 2 aromatic rings. The lowest BCUT2D eigenvalue weighted by Crippen LogP contribution is -2.08. The van der Waals surface area contributed by atoms with Crippen molar-refractivity contribution >= 4 is 5.82 Å². The van der Waals surface area contributed by atoms with Gasteiger partial charge >= 0.3 is 0 Å². The minimum Gasteiger partial charge on any atom is -0.493 e. The number of hydrogen-bond acceptors (Lipinski definition) is 4. The number of nitrogens with two attached hydrogens (primary N) is 1. The van der Waals surface area contributed by atoms with Crippen molar-refractivity contribution in [1.82, 2.24) is 4.98 Å². The zero-order valence-electron chi connectivity index (χ0n) is 9.93. The first-order valence-corrected chi connectivity index (χ1v) is 5.97. The van der Waals surface area contributed by atoms with E-state index in [1.54, 1.807) is 18.3 Å². The molecule has 1 aromatic heterocycles. The second-order valence-electron chi connectivity index (χ2n) is 4.21. The van der Waals surface area contributed by atoms with Gasteiger partial charge in [-0.2, -0.15) is 0 Å². The molecule has 2 N–H and O–H groups in total. The summed E-state index contributed by atoms with van der Waals surface area (Å²) in [7, 11) is 0. The molecule has 0 amide bonds. The molecule has 0 unspecified atom stereocenters. The van der Waals surface area contributed by atoms with Gasteiger partial charge in [0, 0.05) is 6.20 Å². The molecule has 0 aliphatic carbocycles. The van der Waals surface area contributed by atoms with E-state index < -0.39 is 0 Å². The molecule has 1 aliphatic rings. The van der Waals surface area contributed by atoms with Gasteiger partial charge in [0.2, 0.25) is 0 Å². The number of ether oxygens (including phenoxy) is 2. The fraction of sp³-hybridized carbons (Fsp3) is 0.214. The van der Waals surface area contributed by atoms with Crippen molar-refractivity contribution in [2.24, 2.45) is 0 Å². The fourth-order valence-electron chi connectivity index (χ4n) is 2.02. The standard InChI is InChI=1S/C14H14N2O2/c15-14-13(4-1-7-16-14)18-11-5-6-12-10(9-11)3-2-8-17-12/h1,4-7,9H,2-3,8H2,(H2,15,16). The third-order valence-electron chi connectivity index (χ3n) is 2.91. The number of aromatic nitrogens is 1. The minimum atomic E-state index is 0.395. The Morgan fingerprint density at radius 1 is 1.28 bits per heavy atom. The Bertz CT molecular complexity index is 569. The maximum Gasteiger partial charge on any atom is 0.169 e. The van der Waals surface area contributed by atoms with Crippen LogP contribution in [0.15, 0.2) is 36.5 Å². The van der Waals surface area contributed by atoms with Gasteiger partial charge in [0.15, 0.2) is 11.6 Å². The molecule has 0 atom stereocenters. The van der Waals surface area contributed by atoms with E-state index in [0.29, 0.717) is 11.6 Å². The van der Waals surface area contributed by atoms with E-state index in [1.807, 2.05) is 18.2 Å². The molecule has 2 heterocycles. The number of benzene rings is 1. The van der Waals surface area contributed by atoms with Crippen LogP contribution in [0.3, 0.4) is 0 Å². The number of nitrogen functional groups attached to an aromatic ring is 1. The van der Waals surface area contributed by atoms with Gasteiger partial charge in [-0.1, -0.05) is 0 Å². The van der Waals surface area contributed by atoms with Gasteiger partial charge in [-0.3, -0.25) is 0 Å². The van der Waals surface area contributed by atoms with Gasteiger partial charge in [0.1, 0.15) is 11.5 Å². The lowest BCUT2D eigenvalue weighted by molar-refractivity contribution is 0.287. The van der Waals surface area contributed by atoms with Crippen LogP contribution in [0, 0.1) is 0 Å². The van der Waals surface area contributed by atoms with Crippen molar-refractivity contribution in [3.63, 3.8) is 0 Å². The van der Waals surface area contributed by atoms with Gasteiger partial charge in [0.05, 0.1) is 6.61 Å². The Balaban J connectivity index is 1.87. The monoisotopic (exact) mass is 242 g/mol. The summed E-state index contributed by atoms with van der Waals surface area (Å²) < 4.78 is 11.3. The van der Waals surface area contributed by atoms with Crippen molar-refractivity contribution in [3.8, 4) is 17.2 Å². The van der Waals surface area contributed by atoms with Crippen LogP contribution >= 0.6 is 0 Å². The molecule has 92 valence electrons. The number of hydrogen-bond donors (Lipinski definition) is 1. The molecule has 1 aromatic carbocycles. The molecule has 0 saturated heterocycles. The molecule has 18 heavy (non-hydrogen) atoms. The molecular weight excluding hydrogens is 228 g/mol. The molecule has 0 bridgehead atoms. The first-order valence-electron chi connectivity index (χ1n) is 5.97. The van der Waals surface area contributed by atoms with Crippen LogP contribution < -0.4 is 15.2 Å². The summed E-state index contributed by atoms with van der Waals surface area (Å²) in [6.45, 7) is 0.794. The SMILES string of the molecule is Nc1ncccc1Oc1ccc2c(c1)CCCO2. The van der Waals surface area contributed by atoms with Crippen LogP contribution in [0.5, 0.6) is 17.2 Å². The van der Waals surface area contributed by atoms with Crippen LogP contribution in [-0.4, -0.2) is 11.6 Å². The molecule has 1 aliphatic heterocycles. The zero-order chi connectivity index (χ0) is 12.4. The van der Waals surface area contributed by atoms with Gasteiger partial charge in [-0.25, -0.2) is 4.98 Å². The molecule has 0 radical (unpaired) electrons. The molecule has 0 spiro atoms. The molecule has 4 nitrogen and oxygen atoms in total. The van der Waals surface area contributed by atoms with Crippen molar-refractivity contribution in [2.45, 2.75) is 12.8 Å². The van der Waals surface area contributed by atoms with E-state index in [1.165, 1.54) is 5.56 Å². The van der Waals surface area contributed by atoms with Crippen molar-refractivity contribution in [3.05, 3.63) is 42.1 Å². The van der Waals surface area contributed by atoms with Crippen molar-refractivity contribution in [2.75, 3.05) is 12.3 Å². The summed E-state index contributed by atoms with van der Waals surface area (Å²) in [5.74, 6) is 2.69. The van der Waals surface area contributed by atoms with E-state index in [9.17, 15) is 0 Å². The Morgan fingerprint density at radius 2 is 2.22 bits per heavy atom. The van der Waals surface area contributed by atoms with Gasteiger partial charge in [-0.05, 0) is 48.7 Å². The maximum absolute atomic E-state index is 5.75. The second-order valence-corrected chi connectivity index (χ2v) is 4.21. The normalized spacial score (nSPS) is 13.6. The summed E-state index contributed by atoms with van der Waals surface area (Å²) in [4.78, 5) is 3.99. The van der Waals surface area contributed by atoms with Crippen LogP contribution in [0.2, 0.25) is 0 Å². The smallest absolute Gasteiger partial charge is 0.169 e. The lowest BCUT2D eigenvalue weighted by Gasteiger charge is -2.18. The predicted molar refractivity (Wildman–Crippen MR) is 69.0 cm³/mol. The fourth-order valence-corrected chi connectivity index (χ4v) is 2.02. The highest BCUT2D eigenvalue weighted by atomic mass is 16.5. The summed E-state index contributed by atoms with van der Waals surface area (Å²) in [5, 5.41) is 0. The predicted octanol–water partition coefficient (Wildman–Crippen LogP) is 2.78. The highest BCUT2D eigenvalue weighted by Crippen LogP contribution is 2.32. The second kappa shape index (κ2) is 4.56. The molecular formula is C14H14N2O2. The summed E-state index contributed by atoms with van der Waals surface area (Å²) in [6, 6.07) is 9.43. The number of pyridine rings is 1. The molecule has 0 fully saturated rings. The first-order chi connectivity index (χ1) is 8.83. The van der Waals surface area contributed by atoms with E-state index >= 15 is 0 Å². The topological polar surface area (TPSA) is 57.4 Å². The Labute approximate surface area is 105 Å². The number of anilines is 1.